The SMILES string of the molecule is CCC1CCCC(NC(=O)[C@H]2CCCN2)C1. The minimum Gasteiger partial charge on any atom is -0.352 e. The molecule has 16 heavy (non-hydrogen) atoms. The van der Waals surface area contributed by atoms with Gasteiger partial charge in [0.2, 0.25) is 5.91 Å². The molecule has 0 aromatic rings. The van der Waals surface area contributed by atoms with E-state index < -0.39 is 0 Å². The van der Waals surface area contributed by atoms with E-state index in [0.717, 1.165) is 25.3 Å². The molecular formula is C13H24N2O. The standard InChI is InChI=1S/C13H24N2O/c1-2-10-5-3-6-11(9-10)15-13(16)12-7-4-8-14-12/h10-12,14H,2-9H2,1H3,(H,15,16)/t10?,11?,12-/m1/s1. The molecule has 1 aliphatic heterocycles. The van der Waals surface area contributed by atoms with E-state index in [4.69, 9.17) is 0 Å². The number of carbonyl (C=O) groups is 1. The lowest BCUT2D eigenvalue weighted by molar-refractivity contribution is -0.123. The molecule has 0 aromatic carbocycles. The second kappa shape index (κ2) is 5.67. The lowest BCUT2D eigenvalue weighted by atomic mass is 9.84. The van der Waals surface area contributed by atoms with E-state index in [1.165, 1.54) is 32.1 Å². The van der Waals surface area contributed by atoms with Crippen molar-refractivity contribution in [1.82, 2.24) is 10.6 Å². The molecule has 1 aliphatic carbocycles. The lowest BCUT2D eigenvalue weighted by Crippen LogP contribution is -2.46. The Balaban J connectivity index is 1.77. The maximum atomic E-state index is 11.9. The van der Waals surface area contributed by atoms with E-state index in [9.17, 15) is 4.79 Å². The molecule has 92 valence electrons. The highest BCUT2D eigenvalue weighted by molar-refractivity contribution is 5.82. The number of carbonyl (C=O) groups excluding carboxylic acids is 1. The summed E-state index contributed by atoms with van der Waals surface area (Å²) >= 11 is 0. The molecule has 3 heteroatoms. The second-order valence-corrected chi connectivity index (χ2v) is 5.30. The summed E-state index contributed by atoms with van der Waals surface area (Å²) in [6.07, 6.45) is 8.40. The van der Waals surface area contributed by atoms with Gasteiger partial charge in [-0.15, -0.1) is 0 Å². The molecule has 2 rings (SSSR count). The lowest BCUT2D eigenvalue weighted by Gasteiger charge is -2.29. The number of rotatable bonds is 3. The highest BCUT2D eigenvalue weighted by Gasteiger charge is 2.26. The molecule has 0 bridgehead atoms. The Labute approximate surface area is 98.4 Å². The van der Waals surface area contributed by atoms with E-state index >= 15 is 0 Å². The van der Waals surface area contributed by atoms with Gasteiger partial charge >= 0.3 is 0 Å². The summed E-state index contributed by atoms with van der Waals surface area (Å²) in [5.41, 5.74) is 0. The summed E-state index contributed by atoms with van der Waals surface area (Å²) in [6.45, 7) is 3.26. The van der Waals surface area contributed by atoms with Gasteiger partial charge in [0.15, 0.2) is 0 Å². The van der Waals surface area contributed by atoms with Crippen molar-refractivity contribution in [3.63, 3.8) is 0 Å². The molecule has 1 amide bonds. The van der Waals surface area contributed by atoms with E-state index in [1.54, 1.807) is 0 Å². The molecule has 2 fully saturated rings. The van der Waals surface area contributed by atoms with Crippen LogP contribution in [-0.4, -0.2) is 24.5 Å². The molecule has 2 N–H and O–H groups in total. The number of hydrogen-bond acceptors (Lipinski definition) is 2. The minimum absolute atomic E-state index is 0.0852. The van der Waals surface area contributed by atoms with Gasteiger partial charge in [0.25, 0.3) is 0 Å². The predicted octanol–water partition coefficient (Wildman–Crippen LogP) is 1.82. The number of nitrogens with one attached hydrogen (secondary N) is 2. The molecule has 0 aromatic heterocycles. The van der Waals surface area contributed by atoms with Crippen molar-refractivity contribution < 1.29 is 4.79 Å². The fourth-order valence-electron chi connectivity index (χ4n) is 3.00. The van der Waals surface area contributed by atoms with Crippen molar-refractivity contribution in [2.24, 2.45) is 5.92 Å². The Hall–Kier alpha value is -0.570. The van der Waals surface area contributed by atoms with Gasteiger partial charge in [-0.2, -0.15) is 0 Å². The van der Waals surface area contributed by atoms with Crippen molar-refractivity contribution in [2.45, 2.75) is 64.0 Å². The van der Waals surface area contributed by atoms with Crippen LogP contribution in [0.5, 0.6) is 0 Å². The molecule has 0 radical (unpaired) electrons. The molecule has 3 atom stereocenters. The fourth-order valence-corrected chi connectivity index (χ4v) is 3.00. The van der Waals surface area contributed by atoms with Gasteiger partial charge in [-0.3, -0.25) is 4.79 Å². The van der Waals surface area contributed by atoms with E-state index in [2.05, 4.69) is 17.6 Å². The van der Waals surface area contributed by atoms with Crippen LogP contribution in [0.25, 0.3) is 0 Å². The van der Waals surface area contributed by atoms with Crippen LogP contribution in [0.1, 0.15) is 51.9 Å². The normalized spacial score (nSPS) is 34.9. The summed E-state index contributed by atoms with van der Waals surface area (Å²) in [6, 6.07) is 0.524. The van der Waals surface area contributed by atoms with Gasteiger partial charge in [0.1, 0.15) is 0 Å². The smallest absolute Gasteiger partial charge is 0.237 e. The van der Waals surface area contributed by atoms with Gasteiger partial charge in [-0.25, -0.2) is 0 Å². The van der Waals surface area contributed by atoms with Crippen LogP contribution in [0.15, 0.2) is 0 Å². The van der Waals surface area contributed by atoms with Crippen molar-refractivity contribution >= 4 is 5.91 Å². The largest absolute Gasteiger partial charge is 0.352 e. The summed E-state index contributed by atoms with van der Waals surface area (Å²) in [5.74, 6) is 1.06. The molecule has 0 spiro atoms. The third-order valence-corrected chi connectivity index (χ3v) is 4.08. The topological polar surface area (TPSA) is 41.1 Å². The van der Waals surface area contributed by atoms with E-state index in [1.807, 2.05) is 0 Å². The summed E-state index contributed by atoms with van der Waals surface area (Å²) < 4.78 is 0. The molecule has 2 aliphatic rings. The summed E-state index contributed by atoms with van der Waals surface area (Å²) in [5, 5.41) is 6.48. The Morgan fingerprint density at radius 3 is 2.88 bits per heavy atom. The van der Waals surface area contributed by atoms with Gasteiger partial charge in [0.05, 0.1) is 6.04 Å². The number of amides is 1. The van der Waals surface area contributed by atoms with Crippen molar-refractivity contribution in [2.75, 3.05) is 6.54 Å². The molecular weight excluding hydrogens is 200 g/mol. The van der Waals surface area contributed by atoms with Crippen LogP contribution in [-0.2, 0) is 4.79 Å². The third-order valence-electron chi connectivity index (χ3n) is 4.08. The second-order valence-electron chi connectivity index (χ2n) is 5.30. The third kappa shape index (κ3) is 2.97. The van der Waals surface area contributed by atoms with Crippen molar-refractivity contribution in [1.29, 1.82) is 0 Å². The highest BCUT2D eigenvalue weighted by atomic mass is 16.2. The highest BCUT2D eigenvalue weighted by Crippen LogP contribution is 2.26. The maximum absolute atomic E-state index is 11.9. The Bertz CT molecular complexity index is 236. The fraction of sp³-hybridized carbons (Fsp3) is 0.923. The molecule has 3 nitrogen and oxygen atoms in total. The predicted molar refractivity (Wildman–Crippen MR) is 65.2 cm³/mol. The first-order valence-corrected chi connectivity index (χ1v) is 6.83. The monoisotopic (exact) mass is 224 g/mol. The van der Waals surface area contributed by atoms with Crippen molar-refractivity contribution in [3.8, 4) is 0 Å². The number of hydrogen-bond donors (Lipinski definition) is 2. The van der Waals surface area contributed by atoms with Gasteiger partial charge in [-0.05, 0) is 38.1 Å². The zero-order chi connectivity index (χ0) is 11.4. The van der Waals surface area contributed by atoms with Crippen LogP contribution < -0.4 is 10.6 Å². The molecule has 1 saturated heterocycles. The van der Waals surface area contributed by atoms with E-state index in [0.29, 0.717) is 6.04 Å². The quantitative estimate of drug-likeness (QED) is 0.768. The van der Waals surface area contributed by atoms with Crippen LogP contribution in [0.2, 0.25) is 0 Å². The zero-order valence-electron chi connectivity index (χ0n) is 10.3. The molecule has 2 unspecified atom stereocenters. The maximum Gasteiger partial charge on any atom is 0.237 e. The van der Waals surface area contributed by atoms with Gasteiger partial charge in [-0.1, -0.05) is 26.2 Å². The van der Waals surface area contributed by atoms with Crippen LogP contribution >= 0.6 is 0 Å². The summed E-state index contributed by atoms with van der Waals surface area (Å²) in [4.78, 5) is 11.9. The average molecular weight is 224 g/mol. The molecule has 1 heterocycles. The zero-order valence-corrected chi connectivity index (χ0v) is 10.3. The molecule has 1 saturated carbocycles. The Morgan fingerprint density at radius 2 is 2.19 bits per heavy atom. The summed E-state index contributed by atoms with van der Waals surface area (Å²) in [7, 11) is 0. The van der Waals surface area contributed by atoms with Gasteiger partial charge in [0, 0.05) is 6.04 Å². The van der Waals surface area contributed by atoms with Crippen LogP contribution in [0, 0.1) is 5.92 Å². The first-order valence-electron chi connectivity index (χ1n) is 6.83. The van der Waals surface area contributed by atoms with Gasteiger partial charge < -0.3 is 10.6 Å². The Kier molecular flexibility index (Phi) is 4.22. The first kappa shape index (κ1) is 11.9. The average Bonchev–Trinajstić information content (AvgIpc) is 2.83. The van der Waals surface area contributed by atoms with E-state index in [-0.39, 0.29) is 11.9 Å². The minimum atomic E-state index is 0.0852. The van der Waals surface area contributed by atoms with Crippen LogP contribution in [0.4, 0.5) is 0 Å². The van der Waals surface area contributed by atoms with Crippen LogP contribution in [0.3, 0.4) is 0 Å². The first-order chi connectivity index (χ1) is 7.79. The van der Waals surface area contributed by atoms with Crippen molar-refractivity contribution in [3.05, 3.63) is 0 Å². The Morgan fingerprint density at radius 1 is 1.31 bits per heavy atom.